The van der Waals surface area contributed by atoms with Gasteiger partial charge in [-0.3, -0.25) is 9.59 Å². The zero-order valence-corrected chi connectivity index (χ0v) is 11.2. The minimum absolute atomic E-state index is 0.130. The summed E-state index contributed by atoms with van der Waals surface area (Å²) in [7, 11) is 0. The quantitative estimate of drug-likeness (QED) is 0.590. The van der Waals surface area contributed by atoms with Gasteiger partial charge in [-0.1, -0.05) is 0 Å². The average Bonchev–Trinajstić information content (AvgIpc) is 2.24. The highest BCUT2D eigenvalue weighted by Crippen LogP contribution is 2.01. The predicted octanol–water partition coefficient (Wildman–Crippen LogP) is 0.309. The number of nitrogens with zero attached hydrogens (tertiary/aromatic N) is 1. The van der Waals surface area contributed by atoms with Crippen LogP contribution in [-0.2, 0) is 9.59 Å². The van der Waals surface area contributed by atoms with Crippen molar-refractivity contribution in [3.8, 4) is 0 Å². The molecule has 1 atom stereocenters. The van der Waals surface area contributed by atoms with E-state index in [-0.39, 0.29) is 6.04 Å². The first-order chi connectivity index (χ1) is 8.36. The van der Waals surface area contributed by atoms with Gasteiger partial charge < -0.3 is 20.4 Å². The van der Waals surface area contributed by atoms with Gasteiger partial charge in [0.05, 0.1) is 0 Å². The molecular formula is C10H18N2O5S. The van der Waals surface area contributed by atoms with Crippen LogP contribution in [0.3, 0.4) is 0 Å². The van der Waals surface area contributed by atoms with E-state index >= 15 is 0 Å². The van der Waals surface area contributed by atoms with Crippen LogP contribution in [0, 0.1) is 0 Å². The van der Waals surface area contributed by atoms with Crippen LogP contribution in [-0.4, -0.2) is 64.2 Å². The number of aliphatic carboxylic acids is 2. The first-order valence-corrected chi connectivity index (χ1v) is 6.74. The molecule has 0 aliphatic heterocycles. The molecule has 0 aromatic rings. The Morgan fingerprint density at radius 1 is 1.22 bits per heavy atom. The third kappa shape index (κ3) is 7.77. The van der Waals surface area contributed by atoms with Crippen molar-refractivity contribution in [1.82, 2.24) is 10.2 Å². The van der Waals surface area contributed by atoms with Gasteiger partial charge in [-0.2, -0.15) is 11.8 Å². The number of carboxylic acids is 2. The lowest BCUT2D eigenvalue weighted by Gasteiger charge is -2.22. The van der Waals surface area contributed by atoms with E-state index in [2.05, 4.69) is 5.32 Å². The lowest BCUT2D eigenvalue weighted by atomic mass is 10.3. The molecule has 0 heterocycles. The standard InChI is InChI=1S/C10H18N2O5S/c1-7(3-4-18-2)11-10(17)12(5-8(13)14)6-9(15)16/h7H,3-6H2,1-2H3,(H,11,17)(H,13,14)(H,15,16). The Morgan fingerprint density at radius 2 is 1.72 bits per heavy atom. The smallest absolute Gasteiger partial charge is 0.323 e. The van der Waals surface area contributed by atoms with Crippen LogP contribution in [0.5, 0.6) is 0 Å². The second-order valence-corrected chi connectivity index (χ2v) is 4.76. The van der Waals surface area contributed by atoms with Crippen LogP contribution < -0.4 is 5.32 Å². The molecule has 0 aromatic heterocycles. The van der Waals surface area contributed by atoms with Crippen LogP contribution in [0.1, 0.15) is 13.3 Å². The summed E-state index contributed by atoms with van der Waals surface area (Å²) in [5, 5.41) is 19.8. The first kappa shape index (κ1) is 16.6. The number of rotatable bonds is 8. The molecule has 0 aromatic carbocycles. The molecule has 0 saturated carbocycles. The third-order valence-electron chi connectivity index (χ3n) is 2.06. The molecule has 2 amide bonds. The normalized spacial score (nSPS) is 11.7. The molecule has 0 aliphatic rings. The van der Waals surface area contributed by atoms with Crippen molar-refractivity contribution >= 4 is 29.7 Å². The number of nitrogens with one attached hydrogen (secondary N) is 1. The van der Waals surface area contributed by atoms with Gasteiger partial charge in [-0.15, -0.1) is 0 Å². The van der Waals surface area contributed by atoms with E-state index in [1.54, 1.807) is 18.7 Å². The van der Waals surface area contributed by atoms with Crippen molar-refractivity contribution in [2.75, 3.05) is 25.1 Å². The first-order valence-electron chi connectivity index (χ1n) is 5.34. The Hall–Kier alpha value is -1.44. The highest BCUT2D eigenvalue weighted by atomic mass is 32.2. The SMILES string of the molecule is CSCCC(C)NC(=O)N(CC(=O)O)CC(=O)O. The molecule has 0 radical (unpaired) electrons. The number of carboxylic acid groups (broad SMARTS) is 2. The van der Waals surface area contributed by atoms with E-state index < -0.39 is 31.1 Å². The van der Waals surface area contributed by atoms with Crippen LogP contribution in [0.2, 0.25) is 0 Å². The summed E-state index contributed by atoms with van der Waals surface area (Å²) in [6.45, 7) is 0.522. The fourth-order valence-electron chi connectivity index (χ4n) is 1.19. The number of thioether (sulfide) groups is 1. The maximum atomic E-state index is 11.7. The van der Waals surface area contributed by atoms with E-state index in [0.717, 1.165) is 17.1 Å². The van der Waals surface area contributed by atoms with Gasteiger partial charge in [-0.05, 0) is 25.4 Å². The minimum atomic E-state index is -1.25. The number of hydrogen-bond donors (Lipinski definition) is 3. The molecular weight excluding hydrogens is 260 g/mol. The van der Waals surface area contributed by atoms with Crippen molar-refractivity contribution in [2.45, 2.75) is 19.4 Å². The number of urea groups is 1. The molecule has 1 unspecified atom stereocenters. The Bertz CT molecular complexity index is 295. The highest BCUT2D eigenvalue weighted by Gasteiger charge is 2.20. The summed E-state index contributed by atoms with van der Waals surface area (Å²) in [5.41, 5.74) is 0. The van der Waals surface area contributed by atoms with Gasteiger partial charge in [0.1, 0.15) is 13.1 Å². The molecule has 104 valence electrons. The van der Waals surface area contributed by atoms with Gasteiger partial charge in [-0.25, -0.2) is 4.79 Å². The van der Waals surface area contributed by atoms with Crippen molar-refractivity contribution < 1.29 is 24.6 Å². The highest BCUT2D eigenvalue weighted by molar-refractivity contribution is 7.98. The summed E-state index contributed by atoms with van der Waals surface area (Å²) in [6, 6.07) is -0.802. The minimum Gasteiger partial charge on any atom is -0.480 e. The monoisotopic (exact) mass is 278 g/mol. The Labute approximate surface area is 110 Å². The molecule has 0 aliphatic carbocycles. The fourth-order valence-corrected chi connectivity index (χ4v) is 1.78. The Balaban J connectivity index is 4.35. The van der Waals surface area contributed by atoms with E-state index in [4.69, 9.17) is 10.2 Å². The molecule has 18 heavy (non-hydrogen) atoms. The molecule has 0 bridgehead atoms. The number of carbonyl (C=O) groups is 3. The largest absolute Gasteiger partial charge is 0.480 e. The molecule has 8 heteroatoms. The van der Waals surface area contributed by atoms with E-state index in [0.29, 0.717) is 0 Å². The van der Waals surface area contributed by atoms with Gasteiger partial charge in [0.25, 0.3) is 0 Å². The Kier molecular flexibility index (Phi) is 7.93. The van der Waals surface area contributed by atoms with Gasteiger partial charge in [0, 0.05) is 6.04 Å². The Morgan fingerprint density at radius 3 is 2.11 bits per heavy atom. The maximum absolute atomic E-state index is 11.7. The van der Waals surface area contributed by atoms with Crippen molar-refractivity contribution in [1.29, 1.82) is 0 Å². The number of carbonyl (C=O) groups excluding carboxylic acids is 1. The second-order valence-electron chi connectivity index (χ2n) is 3.78. The van der Waals surface area contributed by atoms with Gasteiger partial charge >= 0.3 is 18.0 Å². The molecule has 0 spiro atoms. The average molecular weight is 278 g/mol. The van der Waals surface area contributed by atoms with E-state index in [1.165, 1.54) is 0 Å². The van der Waals surface area contributed by atoms with Crippen LogP contribution in [0.15, 0.2) is 0 Å². The maximum Gasteiger partial charge on any atom is 0.323 e. The zero-order valence-electron chi connectivity index (χ0n) is 10.4. The van der Waals surface area contributed by atoms with Gasteiger partial charge in [0.15, 0.2) is 0 Å². The van der Waals surface area contributed by atoms with Crippen molar-refractivity contribution in [3.05, 3.63) is 0 Å². The topological polar surface area (TPSA) is 107 Å². The molecule has 0 saturated heterocycles. The predicted molar refractivity (Wildman–Crippen MR) is 67.8 cm³/mol. The summed E-state index contributed by atoms with van der Waals surface area (Å²) >= 11 is 1.63. The van der Waals surface area contributed by atoms with Gasteiger partial charge in [0.2, 0.25) is 0 Å². The molecule has 0 rings (SSSR count). The van der Waals surface area contributed by atoms with E-state index in [1.807, 2.05) is 6.26 Å². The fraction of sp³-hybridized carbons (Fsp3) is 0.700. The van der Waals surface area contributed by atoms with Crippen molar-refractivity contribution in [2.24, 2.45) is 0 Å². The summed E-state index contributed by atoms with van der Waals surface area (Å²) in [4.78, 5) is 33.5. The lowest BCUT2D eigenvalue weighted by molar-refractivity contribution is -0.140. The molecule has 0 fully saturated rings. The summed E-state index contributed by atoms with van der Waals surface area (Å²) < 4.78 is 0. The number of hydrogen-bond acceptors (Lipinski definition) is 4. The summed E-state index contributed by atoms with van der Waals surface area (Å²) in [5.74, 6) is -1.63. The zero-order chi connectivity index (χ0) is 14.1. The molecule has 3 N–H and O–H groups in total. The third-order valence-corrected chi connectivity index (χ3v) is 2.71. The number of amides is 2. The second kappa shape index (κ2) is 8.62. The summed E-state index contributed by atoms with van der Waals surface area (Å²) in [6.07, 6.45) is 2.68. The lowest BCUT2D eigenvalue weighted by Crippen LogP contribution is -2.48. The van der Waals surface area contributed by atoms with E-state index in [9.17, 15) is 14.4 Å². The van der Waals surface area contributed by atoms with Crippen LogP contribution >= 0.6 is 11.8 Å². The van der Waals surface area contributed by atoms with Crippen LogP contribution in [0.4, 0.5) is 4.79 Å². The van der Waals surface area contributed by atoms with Crippen molar-refractivity contribution in [3.63, 3.8) is 0 Å². The molecule has 7 nitrogen and oxygen atoms in total. The van der Waals surface area contributed by atoms with Crippen LogP contribution in [0.25, 0.3) is 0 Å².